The van der Waals surface area contributed by atoms with Crippen molar-refractivity contribution >= 4 is 16.1 Å². The molecule has 1 saturated heterocycles. The Kier molecular flexibility index (Phi) is 3.66. The fourth-order valence-electron chi connectivity index (χ4n) is 1.59. The molecule has 0 unspecified atom stereocenters. The maximum atomic E-state index is 11.2. The maximum absolute atomic E-state index is 11.2. The Morgan fingerprint density at radius 2 is 2.07 bits per heavy atom. The lowest BCUT2D eigenvalue weighted by molar-refractivity contribution is -0.110. The number of carbonyl (C=O) groups is 1. The highest BCUT2D eigenvalue weighted by Crippen LogP contribution is 2.13. The van der Waals surface area contributed by atoms with E-state index in [9.17, 15) is 13.2 Å². The average molecular weight is 219 g/mol. The Balaban J connectivity index is 2.50. The largest absolute Gasteiger partial charge is 0.304 e. The van der Waals surface area contributed by atoms with Gasteiger partial charge in [0.2, 0.25) is 0 Å². The topological polar surface area (TPSA) is 63.2 Å². The normalized spacial score (nSPS) is 27.8. The molecule has 1 fully saturated rings. The second-order valence-electron chi connectivity index (χ2n) is 4.17. The second-order valence-corrected chi connectivity index (χ2v) is 6.40. The summed E-state index contributed by atoms with van der Waals surface area (Å²) < 4.78 is 22.3. The number of hydrogen-bond acceptors (Lipinski definition) is 4. The molecule has 1 rings (SSSR count). The van der Waals surface area contributed by atoms with Gasteiger partial charge in [-0.15, -0.1) is 0 Å². The van der Waals surface area contributed by atoms with E-state index in [0.717, 1.165) is 6.29 Å². The van der Waals surface area contributed by atoms with Crippen LogP contribution in [0.1, 0.15) is 20.3 Å². The summed E-state index contributed by atoms with van der Waals surface area (Å²) in [5.74, 6) is 0.620. The van der Waals surface area contributed by atoms with Crippen molar-refractivity contribution in [3.63, 3.8) is 0 Å². The van der Waals surface area contributed by atoms with Crippen molar-refractivity contribution in [2.45, 2.75) is 32.4 Å². The van der Waals surface area contributed by atoms with E-state index in [-0.39, 0.29) is 29.5 Å². The molecule has 0 aromatic carbocycles. The molecule has 0 spiro atoms. The summed E-state index contributed by atoms with van der Waals surface area (Å²) >= 11 is 0. The molecule has 0 radical (unpaired) electrons. The second kappa shape index (κ2) is 4.40. The van der Waals surface area contributed by atoms with E-state index >= 15 is 0 Å². The lowest BCUT2D eigenvalue weighted by atomic mass is 10.0. The summed E-state index contributed by atoms with van der Waals surface area (Å²) in [5.41, 5.74) is 0. The summed E-state index contributed by atoms with van der Waals surface area (Å²) in [6.07, 6.45) is 1.48. The van der Waals surface area contributed by atoms with Gasteiger partial charge in [-0.3, -0.25) is 0 Å². The van der Waals surface area contributed by atoms with E-state index in [1.54, 1.807) is 0 Å². The highest BCUT2D eigenvalue weighted by Gasteiger charge is 2.29. The predicted molar refractivity (Wildman–Crippen MR) is 54.9 cm³/mol. The van der Waals surface area contributed by atoms with Crippen LogP contribution >= 0.6 is 0 Å². The summed E-state index contributed by atoms with van der Waals surface area (Å²) in [4.78, 5) is 10.7. The number of rotatable bonds is 4. The third-order valence-electron chi connectivity index (χ3n) is 2.53. The fraction of sp³-hybridized carbons (Fsp3) is 0.889. The van der Waals surface area contributed by atoms with Gasteiger partial charge in [0.25, 0.3) is 0 Å². The van der Waals surface area contributed by atoms with E-state index in [4.69, 9.17) is 0 Å². The molecule has 4 nitrogen and oxygen atoms in total. The van der Waals surface area contributed by atoms with Gasteiger partial charge in [-0.05, 0) is 12.3 Å². The van der Waals surface area contributed by atoms with E-state index in [1.807, 2.05) is 13.8 Å². The van der Waals surface area contributed by atoms with Crippen LogP contribution in [0.2, 0.25) is 0 Å². The molecule has 5 heteroatoms. The number of aldehydes is 1. The van der Waals surface area contributed by atoms with Crippen molar-refractivity contribution in [1.29, 1.82) is 0 Å². The van der Waals surface area contributed by atoms with Crippen LogP contribution in [0.5, 0.6) is 0 Å². The molecule has 2 atom stereocenters. The molecular weight excluding hydrogens is 202 g/mol. The van der Waals surface area contributed by atoms with Crippen LogP contribution < -0.4 is 5.32 Å². The summed E-state index contributed by atoms with van der Waals surface area (Å²) in [5, 5.41) is 3.07. The van der Waals surface area contributed by atoms with Crippen LogP contribution in [0.3, 0.4) is 0 Å². The van der Waals surface area contributed by atoms with Crippen molar-refractivity contribution in [2.75, 3.05) is 11.5 Å². The van der Waals surface area contributed by atoms with E-state index in [2.05, 4.69) is 5.32 Å². The Hall–Kier alpha value is -0.420. The Bertz CT molecular complexity index is 297. The summed E-state index contributed by atoms with van der Waals surface area (Å²) in [6.45, 7) is 3.88. The van der Waals surface area contributed by atoms with Gasteiger partial charge in [0.15, 0.2) is 9.84 Å². The lowest BCUT2D eigenvalue weighted by Crippen LogP contribution is -2.43. The monoisotopic (exact) mass is 219 g/mol. The van der Waals surface area contributed by atoms with Crippen LogP contribution in [-0.2, 0) is 14.6 Å². The van der Waals surface area contributed by atoms with Crippen LogP contribution in [0, 0.1) is 5.92 Å². The molecular formula is C9H17NO3S. The zero-order valence-corrected chi connectivity index (χ0v) is 9.38. The molecule has 1 heterocycles. The van der Waals surface area contributed by atoms with Gasteiger partial charge in [0.1, 0.15) is 6.29 Å². The van der Waals surface area contributed by atoms with Crippen LogP contribution in [0.4, 0.5) is 0 Å². The van der Waals surface area contributed by atoms with Gasteiger partial charge in [0, 0.05) is 6.04 Å². The van der Waals surface area contributed by atoms with Crippen LogP contribution in [-0.4, -0.2) is 38.3 Å². The molecule has 0 saturated carbocycles. The van der Waals surface area contributed by atoms with Crippen molar-refractivity contribution in [3.8, 4) is 0 Å². The first-order chi connectivity index (χ1) is 6.44. The van der Waals surface area contributed by atoms with E-state index < -0.39 is 9.84 Å². The van der Waals surface area contributed by atoms with Crippen molar-refractivity contribution in [3.05, 3.63) is 0 Å². The number of nitrogens with one attached hydrogen (secondary N) is 1. The van der Waals surface area contributed by atoms with Gasteiger partial charge in [0.05, 0.1) is 17.5 Å². The number of sulfone groups is 1. The smallest absolute Gasteiger partial charge is 0.151 e. The van der Waals surface area contributed by atoms with Gasteiger partial charge in [-0.25, -0.2) is 8.42 Å². The van der Waals surface area contributed by atoms with Gasteiger partial charge in [-0.2, -0.15) is 0 Å². The predicted octanol–water partition coefficient (Wildman–Crippen LogP) is -0.0134. The van der Waals surface area contributed by atoms with Crippen molar-refractivity contribution in [1.82, 2.24) is 5.32 Å². The Labute approximate surface area is 85.0 Å². The first kappa shape index (κ1) is 11.7. The molecule has 1 aliphatic heterocycles. The molecule has 1 N–H and O–H groups in total. The van der Waals surface area contributed by atoms with Gasteiger partial charge >= 0.3 is 0 Å². The lowest BCUT2D eigenvalue weighted by Gasteiger charge is -2.20. The minimum atomic E-state index is -2.85. The number of hydrogen-bond donors (Lipinski definition) is 1. The van der Waals surface area contributed by atoms with Crippen molar-refractivity contribution < 1.29 is 13.2 Å². The van der Waals surface area contributed by atoms with Crippen molar-refractivity contribution in [2.24, 2.45) is 5.92 Å². The highest BCUT2D eigenvalue weighted by atomic mass is 32.2. The fourth-order valence-corrected chi connectivity index (χ4v) is 3.27. The molecule has 0 aliphatic carbocycles. The third-order valence-corrected chi connectivity index (χ3v) is 4.29. The SMILES string of the molecule is CC(C)[C@@H](C=O)N[C@@H]1CCS(=O)(=O)C1. The molecule has 0 amide bonds. The number of carbonyl (C=O) groups excluding carboxylic acids is 1. The minimum absolute atomic E-state index is 0.0439. The van der Waals surface area contributed by atoms with Gasteiger partial charge < -0.3 is 10.1 Å². The maximum Gasteiger partial charge on any atom is 0.151 e. The Morgan fingerprint density at radius 1 is 1.43 bits per heavy atom. The Morgan fingerprint density at radius 3 is 2.43 bits per heavy atom. The first-order valence-electron chi connectivity index (χ1n) is 4.86. The quantitative estimate of drug-likeness (QED) is 0.675. The molecule has 0 aromatic heterocycles. The third kappa shape index (κ3) is 3.06. The average Bonchev–Trinajstić information content (AvgIpc) is 2.41. The zero-order valence-electron chi connectivity index (χ0n) is 8.56. The first-order valence-corrected chi connectivity index (χ1v) is 6.68. The van der Waals surface area contributed by atoms with Gasteiger partial charge in [-0.1, -0.05) is 13.8 Å². The van der Waals surface area contributed by atoms with E-state index in [0.29, 0.717) is 6.42 Å². The van der Waals surface area contributed by atoms with E-state index in [1.165, 1.54) is 0 Å². The van der Waals surface area contributed by atoms with Crippen LogP contribution in [0.15, 0.2) is 0 Å². The standard InChI is InChI=1S/C9H17NO3S/c1-7(2)9(5-11)10-8-3-4-14(12,13)6-8/h5,7-10H,3-4,6H2,1-2H3/t8-,9-/m1/s1. The molecule has 0 bridgehead atoms. The highest BCUT2D eigenvalue weighted by molar-refractivity contribution is 7.91. The molecule has 0 aromatic rings. The molecule has 82 valence electrons. The minimum Gasteiger partial charge on any atom is -0.304 e. The summed E-state index contributed by atoms with van der Waals surface area (Å²) in [6, 6.07) is -0.272. The van der Waals surface area contributed by atoms with Crippen LogP contribution in [0.25, 0.3) is 0 Å². The summed E-state index contributed by atoms with van der Waals surface area (Å²) in [7, 11) is -2.85. The molecule has 14 heavy (non-hydrogen) atoms. The zero-order chi connectivity index (χ0) is 10.8. The molecule has 1 aliphatic rings.